The molecular formula is C18H21NO2. The van der Waals surface area contributed by atoms with Gasteiger partial charge in [-0.2, -0.15) is 0 Å². The molecule has 2 N–H and O–H groups in total. The Labute approximate surface area is 125 Å². The number of para-hydroxylation sites is 1. The van der Waals surface area contributed by atoms with Crippen LogP contribution in [-0.4, -0.2) is 18.3 Å². The molecule has 0 amide bonds. The minimum absolute atomic E-state index is 0.240. The van der Waals surface area contributed by atoms with Gasteiger partial charge >= 0.3 is 0 Å². The normalized spacial score (nSPS) is 17.3. The highest BCUT2D eigenvalue weighted by Crippen LogP contribution is 2.29. The quantitative estimate of drug-likeness (QED) is 0.906. The zero-order chi connectivity index (χ0) is 14.7. The summed E-state index contributed by atoms with van der Waals surface area (Å²) < 4.78 is 5.15. The molecule has 0 bridgehead atoms. The molecule has 3 rings (SSSR count). The van der Waals surface area contributed by atoms with E-state index in [4.69, 9.17) is 4.74 Å². The van der Waals surface area contributed by atoms with Crippen molar-refractivity contribution in [1.82, 2.24) is 5.32 Å². The molecule has 1 aliphatic rings. The molecule has 1 atom stereocenters. The van der Waals surface area contributed by atoms with E-state index >= 15 is 0 Å². The van der Waals surface area contributed by atoms with E-state index in [1.807, 2.05) is 12.1 Å². The maximum atomic E-state index is 10.1. The van der Waals surface area contributed by atoms with Crippen molar-refractivity contribution in [2.75, 3.05) is 7.11 Å². The first-order chi connectivity index (χ1) is 10.3. The van der Waals surface area contributed by atoms with Crippen LogP contribution in [-0.2, 0) is 19.4 Å². The standard InChI is InChI=1S/C18H21NO2/c1-21-17-8-4-7-15(18(17)20)12-19-16-10-9-13-5-2-3-6-14(13)11-16/h2-8,16,19-20H,9-12H2,1H3. The first-order valence-electron chi connectivity index (χ1n) is 7.43. The summed E-state index contributed by atoms with van der Waals surface area (Å²) in [5.41, 5.74) is 3.80. The molecule has 0 fully saturated rings. The second kappa shape index (κ2) is 6.19. The van der Waals surface area contributed by atoms with Crippen LogP contribution in [0.1, 0.15) is 23.1 Å². The second-order valence-electron chi connectivity index (χ2n) is 5.56. The summed E-state index contributed by atoms with van der Waals surface area (Å²) in [6.45, 7) is 0.663. The van der Waals surface area contributed by atoms with Gasteiger partial charge in [0.1, 0.15) is 0 Å². The third-order valence-electron chi connectivity index (χ3n) is 4.23. The Kier molecular flexibility index (Phi) is 4.11. The molecule has 2 aromatic rings. The van der Waals surface area contributed by atoms with Gasteiger partial charge in [0.05, 0.1) is 7.11 Å². The van der Waals surface area contributed by atoms with E-state index in [9.17, 15) is 5.11 Å². The van der Waals surface area contributed by atoms with Gasteiger partial charge in [0.2, 0.25) is 0 Å². The summed E-state index contributed by atoms with van der Waals surface area (Å²) in [7, 11) is 1.57. The fourth-order valence-corrected chi connectivity index (χ4v) is 3.00. The molecule has 3 heteroatoms. The fourth-order valence-electron chi connectivity index (χ4n) is 3.00. The summed E-state index contributed by atoms with van der Waals surface area (Å²) in [5, 5.41) is 13.7. The Hall–Kier alpha value is -2.00. The number of hydrogen-bond acceptors (Lipinski definition) is 3. The maximum Gasteiger partial charge on any atom is 0.162 e. The van der Waals surface area contributed by atoms with Crippen molar-refractivity contribution in [3.05, 3.63) is 59.2 Å². The van der Waals surface area contributed by atoms with Crippen LogP contribution in [0, 0.1) is 0 Å². The van der Waals surface area contributed by atoms with Gasteiger partial charge in [0.25, 0.3) is 0 Å². The van der Waals surface area contributed by atoms with Gasteiger partial charge in [-0.05, 0) is 36.5 Å². The Morgan fingerprint density at radius 2 is 1.95 bits per heavy atom. The van der Waals surface area contributed by atoms with Crippen molar-refractivity contribution in [1.29, 1.82) is 0 Å². The first-order valence-corrected chi connectivity index (χ1v) is 7.43. The van der Waals surface area contributed by atoms with Gasteiger partial charge in [-0.15, -0.1) is 0 Å². The van der Waals surface area contributed by atoms with Crippen LogP contribution in [0.3, 0.4) is 0 Å². The van der Waals surface area contributed by atoms with E-state index < -0.39 is 0 Å². The van der Waals surface area contributed by atoms with Crippen molar-refractivity contribution in [2.45, 2.75) is 31.8 Å². The molecule has 0 radical (unpaired) electrons. The molecule has 1 unspecified atom stereocenters. The van der Waals surface area contributed by atoms with Crippen LogP contribution < -0.4 is 10.1 Å². The van der Waals surface area contributed by atoms with Gasteiger partial charge in [-0.1, -0.05) is 36.4 Å². The molecule has 0 heterocycles. The van der Waals surface area contributed by atoms with E-state index in [0.29, 0.717) is 18.3 Å². The molecule has 3 nitrogen and oxygen atoms in total. The molecule has 0 saturated heterocycles. The number of aromatic hydroxyl groups is 1. The number of rotatable bonds is 4. The van der Waals surface area contributed by atoms with Gasteiger partial charge in [-0.25, -0.2) is 0 Å². The van der Waals surface area contributed by atoms with E-state index in [1.165, 1.54) is 11.1 Å². The third kappa shape index (κ3) is 3.03. The molecule has 2 aromatic carbocycles. The van der Waals surface area contributed by atoms with E-state index in [2.05, 4.69) is 29.6 Å². The molecule has 0 aliphatic heterocycles. The smallest absolute Gasteiger partial charge is 0.162 e. The van der Waals surface area contributed by atoms with E-state index in [-0.39, 0.29) is 5.75 Å². The van der Waals surface area contributed by atoms with Crippen LogP contribution in [0.25, 0.3) is 0 Å². The lowest BCUT2D eigenvalue weighted by atomic mass is 9.88. The number of fused-ring (bicyclic) bond motifs is 1. The summed E-state index contributed by atoms with van der Waals surface area (Å²) in [6.07, 6.45) is 3.32. The third-order valence-corrected chi connectivity index (χ3v) is 4.23. The largest absolute Gasteiger partial charge is 0.504 e. The van der Waals surface area contributed by atoms with Crippen molar-refractivity contribution in [3.8, 4) is 11.5 Å². The molecule has 0 aromatic heterocycles. The zero-order valence-corrected chi connectivity index (χ0v) is 12.3. The molecule has 0 saturated carbocycles. The van der Waals surface area contributed by atoms with E-state index in [0.717, 1.165) is 24.8 Å². The van der Waals surface area contributed by atoms with Crippen molar-refractivity contribution in [3.63, 3.8) is 0 Å². The van der Waals surface area contributed by atoms with Crippen LogP contribution in [0.5, 0.6) is 11.5 Å². The van der Waals surface area contributed by atoms with E-state index in [1.54, 1.807) is 13.2 Å². The predicted octanol–water partition coefficient (Wildman–Crippen LogP) is 3.05. The average Bonchev–Trinajstić information content (AvgIpc) is 2.54. The monoisotopic (exact) mass is 283 g/mol. The van der Waals surface area contributed by atoms with Gasteiger partial charge in [0, 0.05) is 18.2 Å². The van der Waals surface area contributed by atoms with Crippen molar-refractivity contribution in [2.24, 2.45) is 0 Å². The molecule has 0 spiro atoms. The number of nitrogens with one attached hydrogen (secondary N) is 1. The minimum atomic E-state index is 0.240. The second-order valence-corrected chi connectivity index (χ2v) is 5.56. The lowest BCUT2D eigenvalue weighted by molar-refractivity contribution is 0.367. The summed E-state index contributed by atoms with van der Waals surface area (Å²) in [5.74, 6) is 0.770. The highest BCUT2D eigenvalue weighted by molar-refractivity contribution is 5.45. The summed E-state index contributed by atoms with van der Waals surface area (Å²) >= 11 is 0. The maximum absolute atomic E-state index is 10.1. The molecule has 21 heavy (non-hydrogen) atoms. The SMILES string of the molecule is COc1cccc(CNC2CCc3ccccc3C2)c1O. The predicted molar refractivity (Wildman–Crippen MR) is 83.8 cm³/mol. The van der Waals surface area contributed by atoms with Crippen LogP contribution in [0.4, 0.5) is 0 Å². The Bertz CT molecular complexity index is 624. The molecule has 110 valence electrons. The van der Waals surface area contributed by atoms with Crippen LogP contribution in [0.15, 0.2) is 42.5 Å². The number of aryl methyl sites for hydroxylation is 1. The number of hydrogen-bond donors (Lipinski definition) is 2. The Balaban J connectivity index is 1.64. The number of phenols is 1. The summed E-state index contributed by atoms with van der Waals surface area (Å²) in [6, 6.07) is 14.7. The average molecular weight is 283 g/mol. The minimum Gasteiger partial charge on any atom is -0.504 e. The molecule has 1 aliphatic carbocycles. The number of phenolic OH excluding ortho intramolecular Hbond substituents is 1. The number of benzene rings is 2. The fraction of sp³-hybridized carbons (Fsp3) is 0.333. The van der Waals surface area contributed by atoms with Crippen LogP contribution >= 0.6 is 0 Å². The number of ether oxygens (including phenoxy) is 1. The molecular weight excluding hydrogens is 262 g/mol. The van der Waals surface area contributed by atoms with Gasteiger partial charge in [0.15, 0.2) is 11.5 Å². The first kappa shape index (κ1) is 14.0. The lowest BCUT2D eigenvalue weighted by Crippen LogP contribution is -2.34. The topological polar surface area (TPSA) is 41.5 Å². The van der Waals surface area contributed by atoms with Crippen molar-refractivity contribution < 1.29 is 9.84 Å². The zero-order valence-electron chi connectivity index (χ0n) is 12.3. The van der Waals surface area contributed by atoms with Crippen LogP contribution in [0.2, 0.25) is 0 Å². The number of methoxy groups -OCH3 is 1. The summed E-state index contributed by atoms with van der Waals surface area (Å²) in [4.78, 5) is 0. The lowest BCUT2D eigenvalue weighted by Gasteiger charge is -2.25. The highest BCUT2D eigenvalue weighted by Gasteiger charge is 2.18. The Morgan fingerprint density at radius 1 is 1.14 bits per heavy atom. The highest BCUT2D eigenvalue weighted by atomic mass is 16.5. The van der Waals surface area contributed by atoms with Gasteiger partial charge in [-0.3, -0.25) is 0 Å². The Morgan fingerprint density at radius 3 is 2.76 bits per heavy atom. The van der Waals surface area contributed by atoms with Crippen molar-refractivity contribution >= 4 is 0 Å². The van der Waals surface area contributed by atoms with Gasteiger partial charge < -0.3 is 15.2 Å².